The molecule has 0 bridgehead atoms. The lowest BCUT2D eigenvalue weighted by Crippen LogP contribution is -2.35. The molecule has 2 fully saturated rings. The average Bonchev–Trinajstić information content (AvgIpc) is 3.27. The molecule has 0 unspecified atom stereocenters. The number of carbonyl (C=O) groups is 2. The number of hydrogen-bond donors (Lipinski definition) is 0. The van der Waals surface area contributed by atoms with Crippen molar-refractivity contribution in [2.75, 3.05) is 11.5 Å². The van der Waals surface area contributed by atoms with E-state index in [1.54, 1.807) is 17.8 Å². The van der Waals surface area contributed by atoms with Gasteiger partial charge in [-0.05, 0) is 12.2 Å². The smallest absolute Gasteiger partial charge is 0.237 e. The predicted molar refractivity (Wildman–Crippen MR) is 86.5 cm³/mol. The molecule has 2 aromatic rings. The van der Waals surface area contributed by atoms with E-state index in [1.807, 2.05) is 30.3 Å². The van der Waals surface area contributed by atoms with Crippen molar-refractivity contribution in [1.82, 2.24) is 10.1 Å². The summed E-state index contributed by atoms with van der Waals surface area (Å²) in [5.74, 6) is 2.08. The van der Waals surface area contributed by atoms with Crippen LogP contribution in [0.4, 0.5) is 0 Å². The van der Waals surface area contributed by atoms with Crippen LogP contribution in [0.1, 0.15) is 18.6 Å². The van der Waals surface area contributed by atoms with E-state index in [0.29, 0.717) is 17.9 Å². The number of imide groups is 1. The van der Waals surface area contributed by atoms with Crippen LogP contribution in [0, 0.1) is 5.41 Å². The number of aromatic nitrogens is 1. The van der Waals surface area contributed by atoms with Crippen LogP contribution in [0.2, 0.25) is 0 Å². The molecule has 0 N–H and O–H groups in total. The van der Waals surface area contributed by atoms with Crippen LogP contribution in [0.3, 0.4) is 0 Å². The maximum Gasteiger partial charge on any atom is 0.237 e. The summed E-state index contributed by atoms with van der Waals surface area (Å²) in [6.07, 6.45) is 1.13. The van der Waals surface area contributed by atoms with Crippen LogP contribution < -0.4 is 0 Å². The van der Waals surface area contributed by atoms with E-state index in [9.17, 15) is 9.59 Å². The van der Waals surface area contributed by atoms with E-state index >= 15 is 0 Å². The Balaban J connectivity index is 1.54. The van der Waals surface area contributed by atoms with Gasteiger partial charge in [-0.15, -0.1) is 0 Å². The van der Waals surface area contributed by atoms with Gasteiger partial charge in [0.1, 0.15) is 5.69 Å². The maximum atomic E-state index is 12.7. The first-order valence-corrected chi connectivity index (χ1v) is 8.77. The van der Waals surface area contributed by atoms with Crippen LogP contribution >= 0.6 is 11.8 Å². The molecular formula is C17H16N2O3S. The second kappa shape index (κ2) is 5.53. The molecule has 2 aliphatic heterocycles. The van der Waals surface area contributed by atoms with E-state index in [0.717, 1.165) is 23.5 Å². The Hall–Kier alpha value is -2.08. The van der Waals surface area contributed by atoms with Crippen LogP contribution in [-0.4, -0.2) is 33.4 Å². The summed E-state index contributed by atoms with van der Waals surface area (Å²) >= 11 is 1.75. The molecule has 118 valence electrons. The fraction of sp³-hybridized carbons (Fsp3) is 0.353. The van der Waals surface area contributed by atoms with Crippen LogP contribution in [0.5, 0.6) is 0 Å². The molecule has 0 radical (unpaired) electrons. The molecule has 1 spiro atoms. The molecule has 1 atom stereocenters. The van der Waals surface area contributed by atoms with Crippen LogP contribution in [-0.2, 0) is 16.1 Å². The van der Waals surface area contributed by atoms with Gasteiger partial charge in [0.2, 0.25) is 11.8 Å². The third-order valence-corrected chi connectivity index (χ3v) is 5.78. The molecule has 1 aromatic heterocycles. The largest absolute Gasteiger partial charge is 0.359 e. The molecule has 2 amide bonds. The molecule has 1 aromatic carbocycles. The van der Waals surface area contributed by atoms with Gasteiger partial charge < -0.3 is 4.52 Å². The van der Waals surface area contributed by atoms with Crippen molar-refractivity contribution in [3.05, 3.63) is 42.2 Å². The highest BCUT2D eigenvalue weighted by Crippen LogP contribution is 2.45. The molecule has 2 aliphatic rings. The van der Waals surface area contributed by atoms with E-state index in [2.05, 4.69) is 5.16 Å². The summed E-state index contributed by atoms with van der Waals surface area (Å²) in [6.45, 7) is 0.171. The van der Waals surface area contributed by atoms with E-state index < -0.39 is 5.41 Å². The monoisotopic (exact) mass is 328 g/mol. The topological polar surface area (TPSA) is 63.4 Å². The standard InChI is InChI=1S/C17H16N2O3S/c20-15-9-17(6-7-23-11-17)16(21)19(15)10-13-8-14(18-22-13)12-4-2-1-3-5-12/h1-5,8H,6-7,9-11H2/t17-/m1/s1. The third kappa shape index (κ3) is 2.47. The van der Waals surface area contributed by atoms with Gasteiger partial charge in [0, 0.05) is 23.8 Å². The molecule has 3 heterocycles. The molecule has 5 nitrogen and oxygen atoms in total. The lowest BCUT2D eigenvalue weighted by atomic mass is 9.86. The Bertz CT molecular complexity index is 750. The molecular weight excluding hydrogens is 312 g/mol. The van der Waals surface area contributed by atoms with Crippen molar-refractivity contribution in [3.63, 3.8) is 0 Å². The van der Waals surface area contributed by atoms with Gasteiger partial charge in [-0.2, -0.15) is 11.8 Å². The zero-order valence-electron chi connectivity index (χ0n) is 12.5. The van der Waals surface area contributed by atoms with E-state index in [1.165, 1.54) is 4.90 Å². The first-order valence-electron chi connectivity index (χ1n) is 7.62. The number of likely N-dealkylation sites (tertiary alicyclic amines) is 1. The molecule has 6 heteroatoms. The lowest BCUT2D eigenvalue weighted by Gasteiger charge is -2.19. The normalized spacial score (nSPS) is 24.1. The fourth-order valence-corrected chi connectivity index (χ4v) is 4.66. The van der Waals surface area contributed by atoms with Crippen molar-refractivity contribution < 1.29 is 14.1 Å². The number of rotatable bonds is 3. The number of thioether (sulfide) groups is 1. The summed E-state index contributed by atoms with van der Waals surface area (Å²) in [5.41, 5.74) is 1.19. The number of nitrogens with zero attached hydrogens (tertiary/aromatic N) is 2. The molecule has 4 rings (SSSR count). The number of carbonyl (C=O) groups excluding carboxylic acids is 2. The van der Waals surface area contributed by atoms with Gasteiger partial charge in [0.25, 0.3) is 0 Å². The van der Waals surface area contributed by atoms with Gasteiger partial charge in [-0.3, -0.25) is 14.5 Å². The predicted octanol–water partition coefficient (Wildman–Crippen LogP) is 2.72. The quantitative estimate of drug-likeness (QED) is 0.811. The molecule has 0 saturated carbocycles. The highest BCUT2D eigenvalue weighted by atomic mass is 32.2. The minimum Gasteiger partial charge on any atom is -0.359 e. The minimum absolute atomic E-state index is 0.0508. The van der Waals surface area contributed by atoms with Crippen molar-refractivity contribution in [2.45, 2.75) is 19.4 Å². The molecule has 23 heavy (non-hydrogen) atoms. The Morgan fingerprint density at radius 3 is 2.83 bits per heavy atom. The second-order valence-corrected chi connectivity index (χ2v) is 7.19. The third-order valence-electron chi connectivity index (χ3n) is 4.54. The fourth-order valence-electron chi connectivity index (χ4n) is 3.22. The number of benzene rings is 1. The Morgan fingerprint density at radius 1 is 1.26 bits per heavy atom. The SMILES string of the molecule is O=C1C[C@@]2(CCSC2)C(=O)N1Cc1cc(-c2ccccc2)no1. The summed E-state index contributed by atoms with van der Waals surface area (Å²) in [5, 5.41) is 4.04. The molecule has 0 aliphatic carbocycles. The van der Waals surface area contributed by atoms with Gasteiger partial charge in [0.05, 0.1) is 12.0 Å². The Morgan fingerprint density at radius 2 is 2.09 bits per heavy atom. The van der Waals surface area contributed by atoms with Gasteiger partial charge in [-0.25, -0.2) is 0 Å². The summed E-state index contributed by atoms with van der Waals surface area (Å²) < 4.78 is 5.33. The highest BCUT2D eigenvalue weighted by molar-refractivity contribution is 7.99. The zero-order valence-corrected chi connectivity index (χ0v) is 13.3. The Kier molecular flexibility index (Phi) is 3.49. The van der Waals surface area contributed by atoms with Crippen molar-refractivity contribution in [1.29, 1.82) is 0 Å². The first kappa shape index (κ1) is 14.5. The van der Waals surface area contributed by atoms with Gasteiger partial charge in [0.15, 0.2) is 5.76 Å². The van der Waals surface area contributed by atoms with E-state index in [4.69, 9.17) is 4.52 Å². The van der Waals surface area contributed by atoms with Crippen LogP contribution in [0.25, 0.3) is 11.3 Å². The minimum atomic E-state index is -0.468. The van der Waals surface area contributed by atoms with Crippen molar-refractivity contribution in [2.24, 2.45) is 5.41 Å². The summed E-state index contributed by atoms with van der Waals surface area (Å²) in [6, 6.07) is 11.5. The van der Waals surface area contributed by atoms with E-state index in [-0.39, 0.29) is 18.4 Å². The van der Waals surface area contributed by atoms with Gasteiger partial charge in [-0.1, -0.05) is 35.5 Å². The van der Waals surface area contributed by atoms with Crippen molar-refractivity contribution in [3.8, 4) is 11.3 Å². The average molecular weight is 328 g/mol. The van der Waals surface area contributed by atoms with Crippen LogP contribution in [0.15, 0.2) is 40.9 Å². The zero-order chi connectivity index (χ0) is 15.9. The van der Waals surface area contributed by atoms with Crippen molar-refractivity contribution >= 4 is 23.6 Å². The molecule has 2 saturated heterocycles. The first-order chi connectivity index (χ1) is 11.2. The second-order valence-electron chi connectivity index (χ2n) is 6.09. The maximum absolute atomic E-state index is 12.7. The summed E-state index contributed by atoms with van der Waals surface area (Å²) in [7, 11) is 0. The highest BCUT2D eigenvalue weighted by Gasteiger charge is 2.53. The number of amides is 2. The Labute approximate surface area is 138 Å². The van der Waals surface area contributed by atoms with Gasteiger partial charge >= 0.3 is 0 Å². The number of hydrogen-bond acceptors (Lipinski definition) is 5. The lowest BCUT2D eigenvalue weighted by molar-refractivity contribution is -0.142. The summed E-state index contributed by atoms with van der Waals surface area (Å²) in [4.78, 5) is 26.2.